The third kappa shape index (κ3) is 4.57. The van der Waals surface area contributed by atoms with Crippen molar-refractivity contribution in [1.82, 2.24) is 14.9 Å². The average Bonchev–Trinajstić information content (AvgIpc) is 3.53. The smallest absolute Gasteiger partial charge is 0.356 e. The van der Waals surface area contributed by atoms with Gasteiger partial charge in [0.15, 0.2) is 0 Å². The van der Waals surface area contributed by atoms with E-state index in [0.717, 1.165) is 63.5 Å². The summed E-state index contributed by atoms with van der Waals surface area (Å²) in [5.41, 5.74) is 0.624. The van der Waals surface area contributed by atoms with Crippen LogP contribution in [0.1, 0.15) is 38.5 Å². The number of hydrogen-bond donors (Lipinski definition) is 2. The van der Waals surface area contributed by atoms with Gasteiger partial charge in [-0.1, -0.05) is 0 Å². The maximum Gasteiger partial charge on any atom is 0.418 e. The highest BCUT2D eigenvalue weighted by Gasteiger charge is 2.49. The standard InChI is InChI=1S/C20H28N6O6S/c27-19(16-6-5-15-13-25(16)20(28)26(15)32-33(29,30)31)21-14-11-17(23-7-1-2-8-23)22-18(12-14)24-9-3-4-10-24/h11-12,15-16H,1-10,13H2,(H,21,22,27)(H,29,30,31). The quantitative estimate of drug-likeness (QED) is 0.576. The first kappa shape index (κ1) is 22.2. The number of pyridine rings is 1. The normalized spacial score (nSPS) is 25.3. The molecule has 4 saturated heterocycles. The summed E-state index contributed by atoms with van der Waals surface area (Å²) in [5.74, 6) is 1.32. The highest BCUT2D eigenvalue weighted by Crippen LogP contribution is 2.32. The van der Waals surface area contributed by atoms with Gasteiger partial charge in [0.1, 0.15) is 17.7 Å². The molecule has 5 rings (SSSR count). The van der Waals surface area contributed by atoms with Gasteiger partial charge < -0.3 is 20.0 Å². The van der Waals surface area contributed by atoms with Gasteiger partial charge in [0.25, 0.3) is 0 Å². The van der Waals surface area contributed by atoms with Crippen LogP contribution in [0.15, 0.2) is 12.1 Å². The van der Waals surface area contributed by atoms with Crippen LogP contribution in [-0.2, 0) is 19.5 Å². The molecular formula is C20H28N6O6S. The highest BCUT2D eigenvalue weighted by atomic mass is 32.3. The number of anilines is 3. The van der Waals surface area contributed by atoms with E-state index >= 15 is 0 Å². The topological polar surface area (TPSA) is 136 Å². The van der Waals surface area contributed by atoms with E-state index in [1.807, 2.05) is 12.1 Å². The van der Waals surface area contributed by atoms with Crippen LogP contribution in [-0.4, -0.2) is 84.7 Å². The van der Waals surface area contributed by atoms with E-state index in [1.165, 1.54) is 4.90 Å². The zero-order valence-corrected chi connectivity index (χ0v) is 19.0. The Hall–Kier alpha value is -2.64. The maximum absolute atomic E-state index is 13.2. The summed E-state index contributed by atoms with van der Waals surface area (Å²) >= 11 is 0. The van der Waals surface area contributed by atoms with Crippen LogP contribution in [0.5, 0.6) is 0 Å². The van der Waals surface area contributed by atoms with Crippen molar-refractivity contribution >= 4 is 39.7 Å². The minimum absolute atomic E-state index is 0.154. The number of urea groups is 1. The second kappa shape index (κ2) is 8.61. The monoisotopic (exact) mass is 480 g/mol. The molecule has 0 aromatic carbocycles. The lowest BCUT2D eigenvalue weighted by atomic mass is 10.0. The molecule has 12 nitrogen and oxygen atoms in total. The van der Waals surface area contributed by atoms with Gasteiger partial charge in [-0.05, 0) is 38.5 Å². The molecule has 180 valence electrons. The van der Waals surface area contributed by atoms with Crippen LogP contribution < -0.4 is 15.1 Å². The van der Waals surface area contributed by atoms with Crippen molar-refractivity contribution in [3.8, 4) is 0 Å². The molecule has 0 spiro atoms. The largest absolute Gasteiger partial charge is 0.418 e. The van der Waals surface area contributed by atoms with E-state index in [-0.39, 0.29) is 12.5 Å². The molecule has 3 amide bonds. The molecule has 4 aliphatic rings. The van der Waals surface area contributed by atoms with E-state index in [2.05, 4.69) is 19.4 Å². The third-order valence-electron chi connectivity index (χ3n) is 6.73. The van der Waals surface area contributed by atoms with Gasteiger partial charge in [-0.15, -0.1) is 4.28 Å². The summed E-state index contributed by atoms with van der Waals surface area (Å²) in [7, 11) is -4.83. The number of aromatic nitrogens is 1. The number of fused-ring (bicyclic) bond motifs is 2. The number of nitrogens with zero attached hydrogens (tertiary/aromatic N) is 5. The Kier molecular flexibility index (Phi) is 5.79. The molecule has 0 radical (unpaired) electrons. The molecular weight excluding hydrogens is 452 g/mol. The van der Waals surface area contributed by atoms with Gasteiger partial charge in [-0.2, -0.15) is 13.5 Å². The summed E-state index contributed by atoms with van der Waals surface area (Å²) in [6.07, 6.45) is 5.18. The predicted octanol–water partition coefficient (Wildman–Crippen LogP) is 1.22. The fraction of sp³-hybridized carbons (Fsp3) is 0.650. The molecule has 5 heterocycles. The molecule has 2 bridgehead atoms. The molecule has 4 aliphatic heterocycles. The first-order chi connectivity index (χ1) is 15.8. The van der Waals surface area contributed by atoms with Gasteiger partial charge in [-0.3, -0.25) is 9.35 Å². The molecule has 1 aromatic rings. The Morgan fingerprint density at radius 3 is 2.15 bits per heavy atom. The number of carbonyl (C=O) groups is 2. The van der Waals surface area contributed by atoms with E-state index in [0.29, 0.717) is 23.6 Å². The minimum Gasteiger partial charge on any atom is -0.356 e. The Bertz CT molecular complexity index is 1010. The van der Waals surface area contributed by atoms with Crippen molar-refractivity contribution in [2.75, 3.05) is 47.8 Å². The van der Waals surface area contributed by atoms with Crippen molar-refractivity contribution in [3.05, 3.63) is 12.1 Å². The van der Waals surface area contributed by atoms with Crippen LogP contribution in [0.4, 0.5) is 22.1 Å². The Morgan fingerprint density at radius 2 is 1.61 bits per heavy atom. The summed E-state index contributed by atoms with van der Waals surface area (Å²) < 4.78 is 35.6. The van der Waals surface area contributed by atoms with Crippen LogP contribution in [0.25, 0.3) is 0 Å². The van der Waals surface area contributed by atoms with Gasteiger partial charge in [0, 0.05) is 50.5 Å². The van der Waals surface area contributed by atoms with Crippen molar-refractivity contribution in [1.29, 1.82) is 0 Å². The molecule has 2 unspecified atom stereocenters. The average molecular weight is 481 g/mol. The number of hydrogen-bond acceptors (Lipinski definition) is 8. The second-order valence-corrected chi connectivity index (χ2v) is 9.96. The zero-order chi connectivity index (χ0) is 23.2. The summed E-state index contributed by atoms with van der Waals surface area (Å²) in [6.45, 7) is 3.87. The van der Waals surface area contributed by atoms with Crippen molar-refractivity contribution in [3.63, 3.8) is 0 Å². The fourth-order valence-corrected chi connectivity index (χ4v) is 5.51. The van der Waals surface area contributed by atoms with E-state index in [1.54, 1.807) is 0 Å². The third-order valence-corrected chi connectivity index (χ3v) is 7.07. The Balaban J connectivity index is 1.34. The summed E-state index contributed by atoms with van der Waals surface area (Å²) in [4.78, 5) is 36.4. The Morgan fingerprint density at radius 1 is 1.03 bits per heavy atom. The minimum atomic E-state index is -4.83. The second-order valence-electron chi connectivity index (χ2n) is 8.96. The lowest BCUT2D eigenvalue weighted by Gasteiger charge is -2.29. The van der Waals surface area contributed by atoms with Gasteiger partial charge >= 0.3 is 16.4 Å². The van der Waals surface area contributed by atoms with E-state index < -0.39 is 28.5 Å². The first-order valence-corrected chi connectivity index (χ1v) is 12.7. The highest BCUT2D eigenvalue weighted by molar-refractivity contribution is 7.80. The van der Waals surface area contributed by atoms with E-state index in [9.17, 15) is 18.0 Å². The predicted molar refractivity (Wildman–Crippen MR) is 119 cm³/mol. The SMILES string of the molecule is O=C(Nc1cc(N2CCCC2)nc(N2CCCC2)c1)C1CCC2CN1C(=O)N2OS(=O)(=O)O. The first-order valence-electron chi connectivity index (χ1n) is 11.4. The molecule has 0 aliphatic carbocycles. The number of hydroxylamine groups is 2. The molecule has 0 saturated carbocycles. The lowest BCUT2D eigenvalue weighted by Crippen LogP contribution is -2.47. The number of carbonyl (C=O) groups excluding carboxylic acids is 2. The maximum atomic E-state index is 13.2. The van der Waals surface area contributed by atoms with Gasteiger partial charge in [-0.25, -0.2) is 9.78 Å². The van der Waals surface area contributed by atoms with Gasteiger partial charge in [0.2, 0.25) is 5.91 Å². The fourth-order valence-electron chi connectivity index (χ4n) is 5.12. The number of nitrogens with one attached hydrogen (secondary N) is 1. The number of amides is 3. The van der Waals surface area contributed by atoms with Crippen LogP contribution in [0.3, 0.4) is 0 Å². The lowest BCUT2D eigenvalue weighted by molar-refractivity contribution is -0.120. The van der Waals surface area contributed by atoms with Crippen LogP contribution >= 0.6 is 0 Å². The Labute approximate surface area is 192 Å². The van der Waals surface area contributed by atoms with Crippen molar-refractivity contribution in [2.24, 2.45) is 0 Å². The molecule has 33 heavy (non-hydrogen) atoms. The van der Waals surface area contributed by atoms with Crippen LogP contribution in [0, 0.1) is 0 Å². The molecule has 13 heteroatoms. The summed E-state index contributed by atoms with van der Waals surface area (Å²) in [6, 6.07) is 1.69. The van der Waals surface area contributed by atoms with Crippen LogP contribution in [0.2, 0.25) is 0 Å². The molecule has 4 fully saturated rings. The van der Waals surface area contributed by atoms with E-state index in [4.69, 9.17) is 9.54 Å². The zero-order valence-electron chi connectivity index (χ0n) is 18.2. The number of piperidine rings is 1. The number of rotatable bonds is 6. The van der Waals surface area contributed by atoms with Crippen molar-refractivity contribution in [2.45, 2.75) is 50.6 Å². The molecule has 1 aromatic heterocycles. The van der Waals surface area contributed by atoms with Crippen molar-refractivity contribution < 1.29 is 26.8 Å². The molecule has 2 atom stereocenters. The summed E-state index contributed by atoms with van der Waals surface area (Å²) in [5, 5.41) is 3.60. The van der Waals surface area contributed by atoms with Gasteiger partial charge in [0.05, 0.1) is 6.04 Å². The molecule has 2 N–H and O–H groups in total.